The van der Waals surface area contributed by atoms with Crippen LogP contribution in [0.15, 0.2) is 42.6 Å². The number of nitrogens with one attached hydrogen (secondary N) is 1. The topological polar surface area (TPSA) is 81.2 Å². The second-order valence-electron chi connectivity index (χ2n) is 9.03. The zero-order valence-corrected chi connectivity index (χ0v) is 19.1. The first-order chi connectivity index (χ1) is 16.1. The van der Waals surface area contributed by atoms with Crippen LogP contribution < -0.4 is 9.46 Å². The maximum Gasteiger partial charge on any atom is 0.208 e. The Morgan fingerprint density at radius 3 is 2.71 bits per heavy atom. The van der Waals surface area contributed by atoms with Crippen LogP contribution in [0.2, 0.25) is 0 Å². The number of halogens is 3. The molecule has 178 valence electrons. The predicted molar refractivity (Wildman–Crippen MR) is 119 cm³/mol. The maximum atomic E-state index is 14.9. The molecule has 1 N–H and O–H groups in total. The van der Waals surface area contributed by atoms with Crippen LogP contribution in [0.4, 0.5) is 13.2 Å². The molecule has 1 saturated carbocycles. The number of benzene rings is 2. The van der Waals surface area contributed by atoms with Crippen LogP contribution in [0.3, 0.4) is 0 Å². The Morgan fingerprint density at radius 1 is 1.09 bits per heavy atom. The molecule has 10 heteroatoms. The molecular weight excluding hydrogens is 467 g/mol. The average Bonchev–Trinajstić information content (AvgIpc) is 3.15. The minimum Gasteiger partial charge on any atom is -0.484 e. The predicted octanol–water partition coefficient (Wildman–Crippen LogP) is 4.04. The molecule has 1 aromatic heterocycles. The van der Waals surface area contributed by atoms with Gasteiger partial charge in [0.05, 0.1) is 11.9 Å². The minimum absolute atomic E-state index is 0.0232. The van der Waals surface area contributed by atoms with E-state index in [-0.39, 0.29) is 29.5 Å². The van der Waals surface area contributed by atoms with Gasteiger partial charge in [0.25, 0.3) is 0 Å². The molecule has 1 aliphatic heterocycles. The van der Waals surface area contributed by atoms with Crippen molar-refractivity contribution in [2.24, 2.45) is 0 Å². The summed E-state index contributed by atoms with van der Waals surface area (Å²) in [5, 5.41) is 0. The van der Waals surface area contributed by atoms with Gasteiger partial charge in [-0.1, -0.05) is 6.07 Å². The molecule has 0 unspecified atom stereocenters. The number of ether oxygens (including phenoxy) is 1. The lowest BCUT2D eigenvalue weighted by atomic mass is 9.78. The zero-order chi connectivity index (χ0) is 24.1. The fourth-order valence-electron chi connectivity index (χ4n) is 5.04. The molecule has 34 heavy (non-hydrogen) atoms. The molecule has 1 aliphatic carbocycles. The highest BCUT2D eigenvalue weighted by Crippen LogP contribution is 2.44. The Morgan fingerprint density at radius 2 is 1.91 bits per heavy atom. The summed E-state index contributed by atoms with van der Waals surface area (Å²) in [7, 11) is -3.41. The van der Waals surface area contributed by atoms with Gasteiger partial charge in [0.15, 0.2) is 11.6 Å². The highest BCUT2D eigenvalue weighted by molar-refractivity contribution is 7.88. The molecule has 0 saturated heterocycles. The van der Waals surface area contributed by atoms with E-state index in [0.717, 1.165) is 12.3 Å². The SMILES string of the molecule is CS(=O)(=O)N[C@H]1CC[C@@]2(Cc3ccc(F)c(c3)-c3cc(F)cc(F)c3OCc3ccnc2n3)C1. The standard InChI is InChI=1S/C24H22F3N3O3S/c1-34(31,32)30-16-4-6-24(12-16)11-14-2-3-20(26)18(8-14)19-9-15(25)10-21(27)22(19)33-13-17-5-7-28-23(24)29-17/h2-3,5,7-10,16,30H,4,6,11-13H2,1H3/t16-,24+/m0/s1. The van der Waals surface area contributed by atoms with Gasteiger partial charge in [0.1, 0.15) is 24.1 Å². The monoisotopic (exact) mass is 489 g/mol. The van der Waals surface area contributed by atoms with E-state index in [0.29, 0.717) is 48.8 Å². The largest absolute Gasteiger partial charge is 0.484 e. The Hall–Kier alpha value is -2.98. The summed E-state index contributed by atoms with van der Waals surface area (Å²) in [6, 6.07) is 7.51. The van der Waals surface area contributed by atoms with Crippen molar-refractivity contribution in [1.29, 1.82) is 0 Å². The van der Waals surface area contributed by atoms with E-state index in [1.54, 1.807) is 24.4 Å². The normalized spacial score (nSPS) is 21.9. The van der Waals surface area contributed by atoms with Gasteiger partial charge in [-0.15, -0.1) is 0 Å². The van der Waals surface area contributed by atoms with Crippen LogP contribution in [0, 0.1) is 17.5 Å². The molecule has 4 bridgehead atoms. The summed E-state index contributed by atoms with van der Waals surface area (Å²) in [5.74, 6) is -2.15. The molecule has 1 fully saturated rings. The third-order valence-corrected chi connectivity index (χ3v) is 7.17. The second-order valence-corrected chi connectivity index (χ2v) is 10.8. The van der Waals surface area contributed by atoms with Crippen molar-refractivity contribution in [1.82, 2.24) is 14.7 Å². The van der Waals surface area contributed by atoms with E-state index in [9.17, 15) is 21.6 Å². The van der Waals surface area contributed by atoms with E-state index in [1.807, 2.05) is 0 Å². The summed E-state index contributed by atoms with van der Waals surface area (Å²) >= 11 is 0. The molecule has 5 rings (SSSR count). The first kappa shape index (κ1) is 22.8. The lowest BCUT2D eigenvalue weighted by Gasteiger charge is -2.29. The van der Waals surface area contributed by atoms with Gasteiger partial charge in [-0.2, -0.15) is 0 Å². The average molecular weight is 490 g/mol. The third kappa shape index (κ3) is 4.39. The van der Waals surface area contributed by atoms with E-state index >= 15 is 0 Å². The zero-order valence-electron chi connectivity index (χ0n) is 18.3. The van der Waals surface area contributed by atoms with Gasteiger partial charge in [-0.25, -0.2) is 36.3 Å². The summed E-state index contributed by atoms with van der Waals surface area (Å²) in [6.45, 7) is -0.131. The highest BCUT2D eigenvalue weighted by Gasteiger charge is 2.44. The molecule has 2 aliphatic rings. The number of hydrogen-bond donors (Lipinski definition) is 1. The van der Waals surface area contributed by atoms with Crippen molar-refractivity contribution in [2.75, 3.05) is 6.26 Å². The van der Waals surface area contributed by atoms with Crippen LogP contribution in [0.5, 0.6) is 5.75 Å². The van der Waals surface area contributed by atoms with Crippen molar-refractivity contribution < 1.29 is 26.3 Å². The molecule has 6 nitrogen and oxygen atoms in total. The summed E-state index contributed by atoms with van der Waals surface area (Å²) < 4.78 is 75.7. The van der Waals surface area contributed by atoms with E-state index in [2.05, 4.69) is 14.7 Å². The molecule has 2 aromatic carbocycles. The Kier molecular flexibility index (Phi) is 5.60. The number of fused-ring (bicyclic) bond motifs is 7. The number of sulfonamides is 1. The molecular formula is C24H22F3N3O3S. The van der Waals surface area contributed by atoms with Crippen LogP contribution in [0.25, 0.3) is 11.1 Å². The number of rotatable bonds is 2. The smallest absolute Gasteiger partial charge is 0.208 e. The number of aromatic nitrogens is 2. The Bertz CT molecular complexity index is 1380. The Labute approximate surface area is 195 Å². The molecule has 0 amide bonds. The second kappa shape index (κ2) is 8.35. The summed E-state index contributed by atoms with van der Waals surface area (Å²) in [5.41, 5.74) is 0.576. The van der Waals surface area contributed by atoms with Crippen molar-refractivity contribution in [2.45, 2.75) is 43.7 Å². The summed E-state index contributed by atoms with van der Waals surface area (Å²) in [6.07, 6.45) is 4.76. The maximum absolute atomic E-state index is 14.9. The van der Waals surface area contributed by atoms with Crippen LogP contribution in [-0.2, 0) is 28.5 Å². The van der Waals surface area contributed by atoms with Crippen molar-refractivity contribution >= 4 is 10.0 Å². The van der Waals surface area contributed by atoms with Crippen molar-refractivity contribution in [3.05, 3.63) is 77.1 Å². The quantitative estimate of drug-likeness (QED) is 0.588. The van der Waals surface area contributed by atoms with Crippen molar-refractivity contribution in [3.63, 3.8) is 0 Å². The van der Waals surface area contributed by atoms with Gasteiger partial charge in [0, 0.05) is 34.8 Å². The third-order valence-electron chi connectivity index (χ3n) is 6.41. The van der Waals surface area contributed by atoms with Gasteiger partial charge < -0.3 is 4.74 Å². The summed E-state index contributed by atoms with van der Waals surface area (Å²) in [4.78, 5) is 9.16. The fourth-order valence-corrected chi connectivity index (χ4v) is 5.84. The fraction of sp³-hybridized carbons (Fsp3) is 0.333. The van der Waals surface area contributed by atoms with Gasteiger partial charge in [-0.3, -0.25) is 0 Å². The first-order valence-electron chi connectivity index (χ1n) is 10.8. The first-order valence-corrected chi connectivity index (χ1v) is 12.7. The highest BCUT2D eigenvalue weighted by atomic mass is 32.2. The van der Waals surface area contributed by atoms with Gasteiger partial charge >= 0.3 is 0 Å². The lowest BCUT2D eigenvalue weighted by molar-refractivity contribution is 0.283. The van der Waals surface area contributed by atoms with Gasteiger partial charge in [0.2, 0.25) is 10.0 Å². The number of hydrogen-bond acceptors (Lipinski definition) is 5. The Balaban J connectivity index is 1.66. The molecule has 2 heterocycles. The number of nitrogens with zero attached hydrogens (tertiary/aromatic N) is 2. The van der Waals surface area contributed by atoms with E-state index in [4.69, 9.17) is 4.74 Å². The molecule has 1 spiro atoms. The molecule has 2 atom stereocenters. The lowest BCUT2D eigenvalue weighted by Crippen LogP contribution is -2.36. The van der Waals surface area contributed by atoms with E-state index < -0.39 is 32.9 Å². The molecule has 0 radical (unpaired) electrons. The van der Waals surface area contributed by atoms with Gasteiger partial charge in [-0.05, 0) is 55.5 Å². The van der Waals surface area contributed by atoms with Crippen LogP contribution in [-0.4, -0.2) is 30.7 Å². The van der Waals surface area contributed by atoms with E-state index in [1.165, 1.54) is 6.07 Å². The van der Waals surface area contributed by atoms with Crippen LogP contribution in [0.1, 0.15) is 36.3 Å². The minimum atomic E-state index is -3.41. The van der Waals surface area contributed by atoms with Crippen molar-refractivity contribution in [3.8, 4) is 16.9 Å². The molecule has 3 aromatic rings. The van der Waals surface area contributed by atoms with Crippen LogP contribution >= 0.6 is 0 Å².